The van der Waals surface area contributed by atoms with E-state index in [-0.39, 0.29) is 0 Å². The quantitative estimate of drug-likeness (QED) is 0.542. The summed E-state index contributed by atoms with van der Waals surface area (Å²) >= 11 is 0. The summed E-state index contributed by atoms with van der Waals surface area (Å²) in [6, 6.07) is 0. The van der Waals surface area contributed by atoms with Gasteiger partial charge >= 0.3 is 0 Å². The summed E-state index contributed by atoms with van der Waals surface area (Å²) in [5.74, 6) is 17.1. The first-order chi connectivity index (χ1) is 9.06. The van der Waals surface area contributed by atoms with Crippen LogP contribution < -0.4 is 0 Å². The average molecular weight is 258 g/mol. The Morgan fingerprint density at radius 3 is 1.89 bits per heavy atom. The molecule has 0 aromatic carbocycles. The van der Waals surface area contributed by atoms with E-state index in [2.05, 4.69) is 42.4 Å². The molecule has 0 amide bonds. The molecule has 0 saturated carbocycles. The Balaban J connectivity index is 3.62. The number of hydrogen-bond acceptors (Lipinski definition) is 1. The minimum Gasteiger partial charge on any atom is -0.390 e. The van der Waals surface area contributed by atoms with E-state index in [9.17, 15) is 5.11 Å². The van der Waals surface area contributed by atoms with Gasteiger partial charge in [-0.15, -0.1) is 0 Å². The molecule has 0 spiro atoms. The SMILES string of the molecule is CCCCCCC#CC#CC#CCCCC(C)(C)O. The predicted octanol–water partition coefficient (Wildman–Crippen LogP) is 3.91. The van der Waals surface area contributed by atoms with Gasteiger partial charge in [-0.3, -0.25) is 0 Å². The molecule has 0 fully saturated rings. The third kappa shape index (κ3) is 16.6. The molecule has 1 nitrogen and oxygen atoms in total. The van der Waals surface area contributed by atoms with Crippen molar-refractivity contribution >= 4 is 0 Å². The number of rotatable bonds is 7. The topological polar surface area (TPSA) is 20.2 Å². The van der Waals surface area contributed by atoms with E-state index in [0.717, 1.165) is 25.7 Å². The van der Waals surface area contributed by atoms with Crippen molar-refractivity contribution < 1.29 is 5.11 Å². The van der Waals surface area contributed by atoms with Gasteiger partial charge in [-0.1, -0.05) is 38.0 Å². The molecule has 1 heteroatoms. The molecule has 0 unspecified atom stereocenters. The van der Waals surface area contributed by atoms with Gasteiger partial charge in [-0.25, -0.2) is 0 Å². The summed E-state index contributed by atoms with van der Waals surface area (Å²) in [5, 5.41) is 9.50. The third-order valence-corrected chi connectivity index (χ3v) is 2.61. The Hall–Kier alpha value is -1.36. The fourth-order valence-corrected chi connectivity index (χ4v) is 1.53. The summed E-state index contributed by atoms with van der Waals surface area (Å²) in [4.78, 5) is 0. The summed E-state index contributed by atoms with van der Waals surface area (Å²) in [5.41, 5.74) is -0.587. The van der Waals surface area contributed by atoms with E-state index < -0.39 is 5.60 Å². The number of hydrogen-bond donors (Lipinski definition) is 1. The molecule has 0 heterocycles. The Bertz CT molecular complexity index is 393. The highest BCUT2D eigenvalue weighted by Gasteiger charge is 2.10. The van der Waals surface area contributed by atoms with Crippen molar-refractivity contribution in [1.82, 2.24) is 0 Å². The van der Waals surface area contributed by atoms with Crippen molar-refractivity contribution in [3.05, 3.63) is 0 Å². The molecule has 0 aliphatic heterocycles. The zero-order valence-electron chi connectivity index (χ0n) is 12.6. The minimum absolute atomic E-state index is 0.587. The molecule has 0 aliphatic carbocycles. The maximum Gasteiger partial charge on any atom is 0.0592 e. The standard InChI is InChI=1S/C18H26O/c1-4-5-6-7-8-9-10-11-12-13-14-15-16-17-18(2,3)19/h19H,4-8,15-17H2,1-3H3. The molecular formula is C18H26O. The van der Waals surface area contributed by atoms with Gasteiger partial charge in [-0.05, 0) is 56.8 Å². The second-order valence-electron chi connectivity index (χ2n) is 5.33. The molecule has 0 aliphatic rings. The van der Waals surface area contributed by atoms with Gasteiger partial charge in [0.25, 0.3) is 0 Å². The van der Waals surface area contributed by atoms with Crippen LogP contribution >= 0.6 is 0 Å². The van der Waals surface area contributed by atoms with Crippen molar-refractivity contribution in [1.29, 1.82) is 0 Å². The largest absolute Gasteiger partial charge is 0.390 e. The zero-order valence-corrected chi connectivity index (χ0v) is 12.6. The predicted molar refractivity (Wildman–Crippen MR) is 82.2 cm³/mol. The van der Waals surface area contributed by atoms with Crippen LogP contribution in [0.2, 0.25) is 0 Å². The van der Waals surface area contributed by atoms with Crippen LogP contribution in [0.3, 0.4) is 0 Å². The van der Waals surface area contributed by atoms with Crippen LogP contribution in [-0.2, 0) is 0 Å². The van der Waals surface area contributed by atoms with Crippen LogP contribution in [0.4, 0.5) is 0 Å². The molecule has 0 rings (SSSR count). The van der Waals surface area contributed by atoms with E-state index in [1.807, 2.05) is 13.8 Å². The van der Waals surface area contributed by atoms with Gasteiger partial charge in [0.2, 0.25) is 0 Å². The molecule has 0 aromatic rings. The summed E-state index contributed by atoms with van der Waals surface area (Å²) in [6.45, 7) is 5.84. The Labute approximate surface area is 119 Å². The fraction of sp³-hybridized carbons (Fsp3) is 0.667. The van der Waals surface area contributed by atoms with E-state index in [1.165, 1.54) is 25.7 Å². The highest BCUT2D eigenvalue weighted by molar-refractivity contribution is 5.35. The van der Waals surface area contributed by atoms with Crippen molar-refractivity contribution in [2.24, 2.45) is 0 Å². The molecule has 0 aromatic heterocycles. The second-order valence-corrected chi connectivity index (χ2v) is 5.33. The maximum absolute atomic E-state index is 9.50. The van der Waals surface area contributed by atoms with Gasteiger partial charge < -0.3 is 5.11 Å². The first kappa shape index (κ1) is 17.6. The number of aliphatic hydroxyl groups is 1. The molecule has 0 radical (unpaired) electrons. The van der Waals surface area contributed by atoms with Crippen molar-refractivity contribution in [3.63, 3.8) is 0 Å². The highest BCUT2D eigenvalue weighted by atomic mass is 16.3. The van der Waals surface area contributed by atoms with E-state index in [4.69, 9.17) is 0 Å². The van der Waals surface area contributed by atoms with Crippen molar-refractivity contribution in [3.8, 4) is 35.5 Å². The van der Waals surface area contributed by atoms with Gasteiger partial charge in [0.15, 0.2) is 0 Å². The maximum atomic E-state index is 9.50. The van der Waals surface area contributed by atoms with Crippen LogP contribution in [0, 0.1) is 35.5 Å². The number of unbranched alkanes of at least 4 members (excludes halogenated alkanes) is 5. The summed E-state index contributed by atoms with van der Waals surface area (Å²) in [7, 11) is 0. The van der Waals surface area contributed by atoms with Crippen LogP contribution in [0.1, 0.15) is 72.1 Å². The second kappa shape index (κ2) is 11.7. The Morgan fingerprint density at radius 1 is 0.789 bits per heavy atom. The fourth-order valence-electron chi connectivity index (χ4n) is 1.53. The van der Waals surface area contributed by atoms with Gasteiger partial charge in [0.1, 0.15) is 0 Å². The molecule has 19 heavy (non-hydrogen) atoms. The molecule has 0 saturated heterocycles. The van der Waals surface area contributed by atoms with Gasteiger partial charge in [0.05, 0.1) is 5.60 Å². The van der Waals surface area contributed by atoms with E-state index in [1.54, 1.807) is 0 Å². The van der Waals surface area contributed by atoms with Crippen LogP contribution in [0.5, 0.6) is 0 Å². The highest BCUT2D eigenvalue weighted by Crippen LogP contribution is 2.10. The minimum atomic E-state index is -0.587. The van der Waals surface area contributed by atoms with Crippen LogP contribution in [0.15, 0.2) is 0 Å². The lowest BCUT2D eigenvalue weighted by Gasteiger charge is -2.15. The zero-order chi connectivity index (χ0) is 14.4. The van der Waals surface area contributed by atoms with Crippen molar-refractivity contribution in [2.75, 3.05) is 0 Å². The van der Waals surface area contributed by atoms with Crippen LogP contribution in [0.25, 0.3) is 0 Å². The monoisotopic (exact) mass is 258 g/mol. The molecule has 0 bridgehead atoms. The third-order valence-electron chi connectivity index (χ3n) is 2.61. The first-order valence-electron chi connectivity index (χ1n) is 7.24. The molecule has 104 valence electrons. The van der Waals surface area contributed by atoms with Crippen molar-refractivity contribution in [2.45, 2.75) is 77.7 Å². The van der Waals surface area contributed by atoms with E-state index >= 15 is 0 Å². The lowest BCUT2D eigenvalue weighted by atomic mass is 10.0. The first-order valence-corrected chi connectivity index (χ1v) is 7.24. The smallest absolute Gasteiger partial charge is 0.0592 e. The van der Waals surface area contributed by atoms with E-state index in [0.29, 0.717) is 0 Å². The average Bonchev–Trinajstić information content (AvgIpc) is 2.34. The lowest BCUT2D eigenvalue weighted by molar-refractivity contribution is 0.0693. The Kier molecular flexibility index (Phi) is 10.9. The van der Waals surface area contributed by atoms with Gasteiger partial charge in [0, 0.05) is 12.8 Å². The molecule has 0 atom stereocenters. The summed E-state index contributed by atoms with van der Waals surface area (Å²) < 4.78 is 0. The summed E-state index contributed by atoms with van der Waals surface area (Å²) in [6.07, 6.45) is 8.38. The van der Waals surface area contributed by atoms with Gasteiger partial charge in [-0.2, -0.15) is 0 Å². The normalized spacial score (nSPS) is 9.47. The van der Waals surface area contributed by atoms with Crippen LogP contribution in [-0.4, -0.2) is 10.7 Å². The molecule has 1 N–H and O–H groups in total. The lowest BCUT2D eigenvalue weighted by Crippen LogP contribution is -2.17. The molecular weight excluding hydrogens is 232 g/mol. The Morgan fingerprint density at radius 2 is 1.37 bits per heavy atom.